The minimum Gasteiger partial charge on any atom is -0.454 e. The third-order valence-electron chi connectivity index (χ3n) is 4.17. The SMILES string of the molecule is CN=C(NCc1ccc2c(c1)OCO2)NCc1ccccc1CN(C)C. The summed E-state index contributed by atoms with van der Waals surface area (Å²) in [6.45, 7) is 2.60. The Balaban J connectivity index is 1.56. The van der Waals surface area contributed by atoms with Crippen molar-refractivity contribution in [2.24, 2.45) is 4.99 Å². The van der Waals surface area contributed by atoms with E-state index >= 15 is 0 Å². The molecule has 0 unspecified atom stereocenters. The Morgan fingerprint density at radius 3 is 2.50 bits per heavy atom. The third-order valence-corrected chi connectivity index (χ3v) is 4.17. The smallest absolute Gasteiger partial charge is 0.231 e. The lowest BCUT2D eigenvalue weighted by Gasteiger charge is -2.16. The molecule has 0 aliphatic carbocycles. The second-order valence-electron chi connectivity index (χ2n) is 6.47. The van der Waals surface area contributed by atoms with E-state index in [0.29, 0.717) is 13.3 Å². The molecule has 2 aromatic carbocycles. The second kappa shape index (κ2) is 8.58. The van der Waals surface area contributed by atoms with E-state index in [9.17, 15) is 0 Å². The highest BCUT2D eigenvalue weighted by atomic mass is 16.7. The quantitative estimate of drug-likeness (QED) is 0.616. The molecule has 0 fully saturated rings. The molecule has 0 aromatic heterocycles. The third kappa shape index (κ3) is 4.67. The van der Waals surface area contributed by atoms with Gasteiger partial charge in [-0.05, 0) is 42.9 Å². The van der Waals surface area contributed by atoms with Crippen LogP contribution in [-0.2, 0) is 19.6 Å². The summed E-state index contributed by atoms with van der Waals surface area (Å²) in [5, 5.41) is 6.73. The highest BCUT2D eigenvalue weighted by Crippen LogP contribution is 2.32. The average molecular weight is 354 g/mol. The summed E-state index contributed by atoms with van der Waals surface area (Å²) < 4.78 is 10.8. The van der Waals surface area contributed by atoms with E-state index in [1.807, 2.05) is 18.2 Å². The van der Waals surface area contributed by atoms with Crippen LogP contribution in [0.3, 0.4) is 0 Å². The maximum absolute atomic E-state index is 5.42. The summed E-state index contributed by atoms with van der Waals surface area (Å²) in [5.74, 6) is 2.36. The van der Waals surface area contributed by atoms with Gasteiger partial charge in [0.15, 0.2) is 17.5 Å². The van der Waals surface area contributed by atoms with Crippen molar-refractivity contribution in [3.63, 3.8) is 0 Å². The molecule has 1 aliphatic heterocycles. The van der Waals surface area contributed by atoms with Crippen molar-refractivity contribution in [2.75, 3.05) is 27.9 Å². The highest BCUT2D eigenvalue weighted by Gasteiger charge is 2.13. The Bertz CT molecular complexity index is 774. The molecular formula is C20H26N4O2. The van der Waals surface area contributed by atoms with Crippen LogP contribution in [0.25, 0.3) is 0 Å². The lowest BCUT2D eigenvalue weighted by molar-refractivity contribution is 0.174. The average Bonchev–Trinajstić information content (AvgIpc) is 3.10. The summed E-state index contributed by atoms with van der Waals surface area (Å²) in [6, 6.07) is 14.4. The summed E-state index contributed by atoms with van der Waals surface area (Å²) in [5.41, 5.74) is 3.70. The number of ether oxygens (including phenoxy) is 2. The topological polar surface area (TPSA) is 58.1 Å². The van der Waals surface area contributed by atoms with Gasteiger partial charge in [-0.2, -0.15) is 0 Å². The van der Waals surface area contributed by atoms with Crippen molar-refractivity contribution in [1.29, 1.82) is 0 Å². The van der Waals surface area contributed by atoms with Gasteiger partial charge in [0.25, 0.3) is 0 Å². The van der Waals surface area contributed by atoms with Crippen molar-refractivity contribution in [3.8, 4) is 11.5 Å². The maximum atomic E-state index is 5.42. The molecule has 6 heteroatoms. The minimum absolute atomic E-state index is 0.293. The number of hydrogen-bond donors (Lipinski definition) is 2. The van der Waals surface area contributed by atoms with Gasteiger partial charge in [-0.1, -0.05) is 30.3 Å². The Morgan fingerprint density at radius 1 is 1.00 bits per heavy atom. The molecule has 0 saturated carbocycles. The molecule has 26 heavy (non-hydrogen) atoms. The molecule has 2 aromatic rings. The molecule has 0 spiro atoms. The van der Waals surface area contributed by atoms with Gasteiger partial charge in [-0.15, -0.1) is 0 Å². The van der Waals surface area contributed by atoms with Crippen molar-refractivity contribution in [3.05, 3.63) is 59.2 Å². The largest absolute Gasteiger partial charge is 0.454 e. The van der Waals surface area contributed by atoms with Crippen LogP contribution in [0.4, 0.5) is 0 Å². The van der Waals surface area contributed by atoms with Crippen LogP contribution in [0.5, 0.6) is 11.5 Å². The van der Waals surface area contributed by atoms with Crippen molar-refractivity contribution < 1.29 is 9.47 Å². The molecule has 0 amide bonds. The zero-order chi connectivity index (χ0) is 18.4. The van der Waals surface area contributed by atoms with E-state index in [0.717, 1.165) is 36.1 Å². The summed E-state index contributed by atoms with van der Waals surface area (Å²) in [4.78, 5) is 6.48. The minimum atomic E-state index is 0.293. The first-order valence-electron chi connectivity index (χ1n) is 8.70. The number of aliphatic imine (C=N–C) groups is 1. The monoisotopic (exact) mass is 354 g/mol. The van der Waals surface area contributed by atoms with Gasteiger partial charge >= 0.3 is 0 Å². The first kappa shape index (κ1) is 18.1. The van der Waals surface area contributed by atoms with Crippen LogP contribution in [0.1, 0.15) is 16.7 Å². The first-order chi connectivity index (χ1) is 12.7. The number of guanidine groups is 1. The molecular weight excluding hydrogens is 328 g/mol. The fourth-order valence-electron chi connectivity index (χ4n) is 2.86. The van der Waals surface area contributed by atoms with E-state index < -0.39 is 0 Å². The first-order valence-corrected chi connectivity index (χ1v) is 8.70. The number of benzene rings is 2. The van der Waals surface area contributed by atoms with Crippen LogP contribution in [0, 0.1) is 0 Å². The number of hydrogen-bond acceptors (Lipinski definition) is 4. The van der Waals surface area contributed by atoms with Crippen LogP contribution in [0.15, 0.2) is 47.5 Å². The predicted octanol–water partition coefficient (Wildman–Crippen LogP) is 2.34. The molecule has 0 radical (unpaired) electrons. The van der Waals surface area contributed by atoms with Gasteiger partial charge in [-0.3, -0.25) is 4.99 Å². The van der Waals surface area contributed by atoms with E-state index in [1.54, 1.807) is 7.05 Å². The Kier molecular flexibility index (Phi) is 5.96. The molecule has 0 atom stereocenters. The molecule has 3 rings (SSSR count). The van der Waals surface area contributed by atoms with Gasteiger partial charge < -0.3 is 25.0 Å². The fourth-order valence-corrected chi connectivity index (χ4v) is 2.86. The summed E-state index contributed by atoms with van der Waals surface area (Å²) in [6.07, 6.45) is 0. The van der Waals surface area contributed by atoms with Crippen LogP contribution in [0.2, 0.25) is 0 Å². The number of fused-ring (bicyclic) bond motifs is 1. The predicted molar refractivity (Wildman–Crippen MR) is 103 cm³/mol. The second-order valence-corrected chi connectivity index (χ2v) is 6.47. The van der Waals surface area contributed by atoms with Crippen LogP contribution in [-0.4, -0.2) is 38.8 Å². The summed E-state index contributed by atoms with van der Waals surface area (Å²) in [7, 11) is 5.94. The summed E-state index contributed by atoms with van der Waals surface area (Å²) >= 11 is 0. The molecule has 138 valence electrons. The Hall–Kier alpha value is -2.73. The van der Waals surface area contributed by atoms with Crippen LogP contribution >= 0.6 is 0 Å². The molecule has 0 saturated heterocycles. The van der Waals surface area contributed by atoms with E-state index in [1.165, 1.54) is 11.1 Å². The van der Waals surface area contributed by atoms with Crippen LogP contribution < -0.4 is 20.1 Å². The lowest BCUT2D eigenvalue weighted by atomic mass is 10.1. The van der Waals surface area contributed by atoms with Gasteiger partial charge in [0.1, 0.15) is 0 Å². The van der Waals surface area contributed by atoms with Crippen molar-refractivity contribution in [1.82, 2.24) is 15.5 Å². The lowest BCUT2D eigenvalue weighted by Crippen LogP contribution is -2.36. The van der Waals surface area contributed by atoms with Gasteiger partial charge in [0.2, 0.25) is 6.79 Å². The Labute approximate surface area is 154 Å². The number of rotatable bonds is 6. The number of nitrogens with zero attached hydrogens (tertiary/aromatic N) is 2. The van der Waals surface area contributed by atoms with Crippen molar-refractivity contribution in [2.45, 2.75) is 19.6 Å². The molecule has 0 bridgehead atoms. The van der Waals surface area contributed by atoms with E-state index in [-0.39, 0.29) is 0 Å². The van der Waals surface area contributed by atoms with Gasteiger partial charge in [0.05, 0.1) is 0 Å². The van der Waals surface area contributed by atoms with Crippen molar-refractivity contribution >= 4 is 5.96 Å². The normalized spacial score (nSPS) is 13.2. The number of nitrogens with one attached hydrogen (secondary N) is 2. The molecule has 6 nitrogen and oxygen atoms in total. The zero-order valence-corrected chi connectivity index (χ0v) is 15.6. The molecule has 1 heterocycles. The Morgan fingerprint density at radius 2 is 1.73 bits per heavy atom. The van der Waals surface area contributed by atoms with Gasteiger partial charge in [0, 0.05) is 26.7 Å². The fraction of sp³-hybridized carbons (Fsp3) is 0.350. The maximum Gasteiger partial charge on any atom is 0.231 e. The van der Waals surface area contributed by atoms with E-state index in [2.05, 4.69) is 58.9 Å². The highest BCUT2D eigenvalue weighted by molar-refractivity contribution is 5.79. The van der Waals surface area contributed by atoms with E-state index in [4.69, 9.17) is 9.47 Å². The zero-order valence-electron chi connectivity index (χ0n) is 15.6. The molecule has 1 aliphatic rings. The molecule has 2 N–H and O–H groups in total. The van der Waals surface area contributed by atoms with Gasteiger partial charge in [-0.25, -0.2) is 0 Å². The standard InChI is InChI=1S/C20H26N4O2/c1-21-20(22-11-15-8-9-18-19(10-15)26-14-25-18)23-12-16-6-4-5-7-17(16)13-24(2)3/h4-10H,11-14H2,1-3H3,(H2,21,22,23).